The van der Waals surface area contributed by atoms with Crippen molar-refractivity contribution < 1.29 is 18.0 Å². The van der Waals surface area contributed by atoms with Crippen LogP contribution in [0, 0.1) is 0 Å². The third-order valence-corrected chi connectivity index (χ3v) is 2.85. The highest BCUT2D eigenvalue weighted by molar-refractivity contribution is 6.30. The first kappa shape index (κ1) is 15.1. The number of carbonyl (C=O) groups is 1. The van der Waals surface area contributed by atoms with E-state index >= 15 is 0 Å². The smallest absolute Gasteiger partial charge is 0.383 e. The second kappa shape index (κ2) is 5.61. The topological polar surface area (TPSA) is 68.0 Å². The van der Waals surface area contributed by atoms with E-state index in [-0.39, 0.29) is 16.4 Å². The largest absolute Gasteiger partial charge is 0.418 e. The highest BCUT2D eigenvalue weighted by Gasteiger charge is 2.34. The Balaban J connectivity index is 2.36. The maximum Gasteiger partial charge on any atom is 0.418 e. The first-order valence-electron chi connectivity index (χ1n) is 5.67. The average Bonchev–Trinajstić information content (AvgIpc) is 2.40. The van der Waals surface area contributed by atoms with Crippen molar-refractivity contribution in [2.24, 2.45) is 0 Å². The lowest BCUT2D eigenvalue weighted by Gasteiger charge is -2.14. The van der Waals surface area contributed by atoms with Gasteiger partial charge in [0.25, 0.3) is 5.91 Å². The molecule has 0 aliphatic heterocycles. The van der Waals surface area contributed by atoms with Gasteiger partial charge in [0, 0.05) is 11.2 Å². The molecule has 0 aliphatic carbocycles. The number of alkyl halides is 3. The molecule has 0 aliphatic rings. The third kappa shape index (κ3) is 3.43. The SMILES string of the molecule is Nc1ncccc1C(=O)Nc1ccc(Cl)cc1C(F)(F)F. The first-order valence-corrected chi connectivity index (χ1v) is 6.05. The number of amides is 1. The Bertz CT molecular complexity index is 689. The molecule has 0 spiro atoms. The minimum Gasteiger partial charge on any atom is -0.383 e. The summed E-state index contributed by atoms with van der Waals surface area (Å²) < 4.78 is 38.7. The summed E-state index contributed by atoms with van der Waals surface area (Å²) in [7, 11) is 0. The van der Waals surface area contributed by atoms with Crippen LogP contribution in [0.3, 0.4) is 0 Å². The monoisotopic (exact) mass is 315 g/mol. The highest BCUT2D eigenvalue weighted by Crippen LogP contribution is 2.36. The summed E-state index contributed by atoms with van der Waals surface area (Å²) in [6, 6.07) is 5.89. The fourth-order valence-corrected chi connectivity index (χ4v) is 1.83. The third-order valence-electron chi connectivity index (χ3n) is 2.62. The van der Waals surface area contributed by atoms with Crippen LogP contribution in [-0.4, -0.2) is 10.9 Å². The number of nitrogens with one attached hydrogen (secondary N) is 1. The molecule has 0 saturated heterocycles. The van der Waals surface area contributed by atoms with Gasteiger partial charge in [-0.15, -0.1) is 0 Å². The molecule has 21 heavy (non-hydrogen) atoms. The van der Waals surface area contributed by atoms with Crippen LogP contribution in [0.2, 0.25) is 5.02 Å². The number of anilines is 2. The molecule has 8 heteroatoms. The standard InChI is InChI=1S/C13H9ClF3N3O/c14-7-3-4-10(9(6-7)13(15,16)17)20-12(21)8-2-1-5-19-11(8)18/h1-6H,(H2,18,19)(H,20,21). The van der Waals surface area contributed by atoms with Gasteiger partial charge in [-0.1, -0.05) is 11.6 Å². The van der Waals surface area contributed by atoms with E-state index < -0.39 is 23.3 Å². The zero-order valence-corrected chi connectivity index (χ0v) is 11.2. The molecule has 2 rings (SSSR count). The lowest BCUT2D eigenvalue weighted by molar-refractivity contribution is -0.136. The normalized spacial score (nSPS) is 11.2. The molecule has 0 saturated carbocycles. The maximum absolute atomic E-state index is 12.9. The van der Waals surface area contributed by atoms with E-state index in [1.165, 1.54) is 24.4 Å². The van der Waals surface area contributed by atoms with Crippen molar-refractivity contribution in [3.63, 3.8) is 0 Å². The van der Waals surface area contributed by atoms with Crippen molar-refractivity contribution in [3.05, 3.63) is 52.7 Å². The molecular formula is C13H9ClF3N3O. The highest BCUT2D eigenvalue weighted by atomic mass is 35.5. The zero-order chi connectivity index (χ0) is 15.6. The molecule has 0 atom stereocenters. The minimum absolute atomic E-state index is 0.0134. The van der Waals surface area contributed by atoms with Gasteiger partial charge < -0.3 is 11.1 Å². The quantitative estimate of drug-likeness (QED) is 0.890. The molecule has 110 valence electrons. The fraction of sp³-hybridized carbons (Fsp3) is 0.0769. The van der Waals surface area contributed by atoms with Crippen molar-refractivity contribution in [2.45, 2.75) is 6.18 Å². The molecule has 1 heterocycles. The van der Waals surface area contributed by atoms with Gasteiger partial charge in [-0.2, -0.15) is 13.2 Å². The van der Waals surface area contributed by atoms with Crippen LogP contribution in [0.5, 0.6) is 0 Å². The Morgan fingerprint density at radius 3 is 2.62 bits per heavy atom. The van der Waals surface area contributed by atoms with E-state index in [9.17, 15) is 18.0 Å². The summed E-state index contributed by atoms with van der Waals surface area (Å²) in [4.78, 5) is 15.7. The summed E-state index contributed by atoms with van der Waals surface area (Å²) in [5.74, 6) is -0.856. The number of aromatic nitrogens is 1. The molecule has 0 radical (unpaired) electrons. The molecule has 1 aromatic carbocycles. The van der Waals surface area contributed by atoms with Gasteiger partial charge >= 0.3 is 6.18 Å². The molecule has 0 unspecified atom stereocenters. The van der Waals surface area contributed by atoms with E-state index in [1.54, 1.807) is 0 Å². The number of nitrogens with zero attached hydrogens (tertiary/aromatic N) is 1. The second-order valence-electron chi connectivity index (χ2n) is 4.08. The molecule has 0 fully saturated rings. The van der Waals surface area contributed by atoms with Crippen LogP contribution in [0.1, 0.15) is 15.9 Å². The van der Waals surface area contributed by atoms with Crippen LogP contribution in [-0.2, 0) is 6.18 Å². The summed E-state index contributed by atoms with van der Waals surface area (Å²) in [6.45, 7) is 0. The summed E-state index contributed by atoms with van der Waals surface area (Å²) in [6.07, 6.45) is -3.27. The molecule has 4 nitrogen and oxygen atoms in total. The number of hydrogen-bond acceptors (Lipinski definition) is 3. The van der Waals surface area contributed by atoms with Gasteiger partial charge in [0.05, 0.1) is 16.8 Å². The zero-order valence-electron chi connectivity index (χ0n) is 10.4. The number of hydrogen-bond donors (Lipinski definition) is 2. The van der Waals surface area contributed by atoms with Crippen LogP contribution in [0.4, 0.5) is 24.7 Å². The number of halogens is 4. The van der Waals surface area contributed by atoms with E-state index in [1.807, 2.05) is 0 Å². The predicted molar refractivity (Wildman–Crippen MR) is 73.1 cm³/mol. The van der Waals surface area contributed by atoms with Gasteiger partial charge in [0.1, 0.15) is 5.82 Å². The van der Waals surface area contributed by atoms with Gasteiger partial charge in [0.2, 0.25) is 0 Å². The number of pyridine rings is 1. The van der Waals surface area contributed by atoms with Crippen LogP contribution in [0.15, 0.2) is 36.5 Å². The molecular weight excluding hydrogens is 307 g/mol. The lowest BCUT2D eigenvalue weighted by Crippen LogP contribution is -2.18. The molecule has 0 bridgehead atoms. The Hall–Kier alpha value is -2.28. The summed E-state index contributed by atoms with van der Waals surface area (Å²) >= 11 is 5.56. The summed E-state index contributed by atoms with van der Waals surface area (Å²) in [5, 5.41) is 2.08. The lowest BCUT2D eigenvalue weighted by atomic mass is 10.1. The first-order chi connectivity index (χ1) is 9.79. The van der Waals surface area contributed by atoms with Crippen LogP contribution >= 0.6 is 11.6 Å². The number of rotatable bonds is 2. The molecule has 3 N–H and O–H groups in total. The number of benzene rings is 1. The Morgan fingerprint density at radius 1 is 1.29 bits per heavy atom. The predicted octanol–water partition coefficient (Wildman–Crippen LogP) is 3.59. The van der Waals surface area contributed by atoms with Crippen molar-refractivity contribution in [3.8, 4) is 0 Å². The van der Waals surface area contributed by atoms with Crippen molar-refractivity contribution in [2.75, 3.05) is 11.1 Å². The minimum atomic E-state index is -4.64. The van der Waals surface area contributed by atoms with E-state index in [0.29, 0.717) is 0 Å². The van der Waals surface area contributed by atoms with Crippen molar-refractivity contribution in [1.29, 1.82) is 0 Å². The van der Waals surface area contributed by atoms with Crippen molar-refractivity contribution >= 4 is 29.0 Å². The Morgan fingerprint density at radius 2 is 2.00 bits per heavy atom. The molecule has 1 amide bonds. The summed E-state index contributed by atoms with van der Waals surface area (Å²) in [5.41, 5.74) is 4.06. The van der Waals surface area contributed by atoms with E-state index in [4.69, 9.17) is 17.3 Å². The maximum atomic E-state index is 12.9. The van der Waals surface area contributed by atoms with Gasteiger partial charge in [-0.3, -0.25) is 4.79 Å². The molecule has 1 aromatic heterocycles. The number of carbonyl (C=O) groups excluding carboxylic acids is 1. The van der Waals surface area contributed by atoms with Crippen LogP contribution in [0.25, 0.3) is 0 Å². The van der Waals surface area contributed by atoms with Crippen LogP contribution < -0.4 is 11.1 Å². The van der Waals surface area contributed by atoms with Gasteiger partial charge in [-0.05, 0) is 30.3 Å². The van der Waals surface area contributed by atoms with E-state index in [2.05, 4.69) is 10.3 Å². The Labute approximate surface area is 122 Å². The number of nitrogen functional groups attached to an aromatic ring is 1. The average molecular weight is 316 g/mol. The fourth-order valence-electron chi connectivity index (χ4n) is 1.66. The second-order valence-corrected chi connectivity index (χ2v) is 4.51. The number of nitrogens with two attached hydrogens (primary N) is 1. The van der Waals surface area contributed by atoms with E-state index in [0.717, 1.165) is 12.1 Å². The van der Waals surface area contributed by atoms with Gasteiger partial charge in [0.15, 0.2) is 0 Å². The van der Waals surface area contributed by atoms with Crippen molar-refractivity contribution in [1.82, 2.24) is 4.98 Å². The van der Waals surface area contributed by atoms with Gasteiger partial charge in [-0.25, -0.2) is 4.98 Å². The molecule has 2 aromatic rings. The Kier molecular flexibility index (Phi) is 4.04.